The van der Waals surface area contributed by atoms with Crippen LogP contribution in [0.25, 0.3) is 76.5 Å². The molecule has 0 fully saturated rings. The van der Waals surface area contributed by atoms with Crippen LogP contribution in [-0.4, -0.2) is 0 Å². The predicted octanol–water partition coefficient (Wildman–Crippen LogP) is 18.2. The number of para-hydroxylation sites is 2. The van der Waals surface area contributed by atoms with Crippen LogP contribution < -0.4 is 9.80 Å². The summed E-state index contributed by atoms with van der Waals surface area (Å²) in [4.78, 5) is 4.77. The number of benzene rings is 12. The van der Waals surface area contributed by atoms with E-state index in [0.29, 0.717) is 0 Å². The molecular formula is C64H44N2. The minimum Gasteiger partial charge on any atom is -0.310 e. The van der Waals surface area contributed by atoms with E-state index in [-0.39, 0.29) is 0 Å². The van der Waals surface area contributed by atoms with Gasteiger partial charge < -0.3 is 9.80 Å². The van der Waals surface area contributed by atoms with Gasteiger partial charge in [-0.25, -0.2) is 0 Å². The highest BCUT2D eigenvalue weighted by Crippen LogP contribution is 2.47. The molecule has 12 aromatic rings. The van der Waals surface area contributed by atoms with Gasteiger partial charge >= 0.3 is 0 Å². The van der Waals surface area contributed by atoms with Gasteiger partial charge in [0.25, 0.3) is 0 Å². The van der Waals surface area contributed by atoms with Gasteiger partial charge in [0.15, 0.2) is 0 Å². The van der Waals surface area contributed by atoms with Crippen LogP contribution in [0, 0.1) is 0 Å². The zero-order chi connectivity index (χ0) is 43.8. The van der Waals surface area contributed by atoms with Crippen molar-refractivity contribution in [3.63, 3.8) is 0 Å². The molecule has 0 heterocycles. The molecule has 0 aliphatic rings. The molecule has 0 unspecified atom stereocenters. The molecule has 12 aromatic carbocycles. The quantitative estimate of drug-likeness (QED) is 0.143. The largest absolute Gasteiger partial charge is 0.310 e. The molecule has 0 saturated carbocycles. The standard InChI is InChI=1S/C64H44N2/c1-3-23-55(24-4-1)65(57-33-31-47-17-9-13-21-51(47)41-57)59-35-37-61(63(43-59)53-29-27-45-15-7-11-19-49(45)39-53)62-38-36-60(44-64(62)54-30-28-46-16-8-12-20-50(46)40-54)66(56-25-5-2-6-26-56)58-34-32-48-18-10-14-22-52(48)42-58/h1-44H. The van der Waals surface area contributed by atoms with E-state index in [2.05, 4.69) is 277 Å². The topological polar surface area (TPSA) is 6.48 Å². The monoisotopic (exact) mass is 840 g/mol. The normalized spacial score (nSPS) is 11.3. The van der Waals surface area contributed by atoms with Crippen LogP contribution in [0.15, 0.2) is 267 Å². The Morgan fingerprint density at radius 2 is 0.455 bits per heavy atom. The average molecular weight is 841 g/mol. The van der Waals surface area contributed by atoms with Crippen molar-refractivity contribution in [2.45, 2.75) is 0 Å². The van der Waals surface area contributed by atoms with Gasteiger partial charge in [-0.15, -0.1) is 0 Å². The summed E-state index contributed by atoms with van der Waals surface area (Å²) in [5, 5.41) is 9.70. The Morgan fingerprint density at radius 1 is 0.167 bits per heavy atom. The van der Waals surface area contributed by atoms with Crippen molar-refractivity contribution in [1.82, 2.24) is 0 Å². The predicted molar refractivity (Wildman–Crippen MR) is 282 cm³/mol. The summed E-state index contributed by atoms with van der Waals surface area (Å²) in [5.41, 5.74) is 13.5. The van der Waals surface area contributed by atoms with Crippen molar-refractivity contribution in [3.05, 3.63) is 267 Å². The van der Waals surface area contributed by atoms with Crippen molar-refractivity contribution in [2.75, 3.05) is 9.80 Å². The van der Waals surface area contributed by atoms with Crippen LogP contribution in [0.1, 0.15) is 0 Å². The van der Waals surface area contributed by atoms with E-state index in [1.54, 1.807) is 0 Å². The van der Waals surface area contributed by atoms with Crippen molar-refractivity contribution in [1.29, 1.82) is 0 Å². The highest BCUT2D eigenvalue weighted by Gasteiger charge is 2.21. The molecule has 2 heteroatoms. The summed E-state index contributed by atoms with van der Waals surface area (Å²) in [6, 6.07) is 97.3. The first kappa shape index (κ1) is 38.9. The van der Waals surface area contributed by atoms with Crippen molar-refractivity contribution in [2.24, 2.45) is 0 Å². The van der Waals surface area contributed by atoms with Crippen LogP contribution in [-0.2, 0) is 0 Å². The maximum absolute atomic E-state index is 2.39. The van der Waals surface area contributed by atoms with Gasteiger partial charge in [-0.2, -0.15) is 0 Å². The number of fused-ring (bicyclic) bond motifs is 4. The summed E-state index contributed by atoms with van der Waals surface area (Å²) in [7, 11) is 0. The number of hydrogen-bond donors (Lipinski definition) is 0. The summed E-state index contributed by atoms with van der Waals surface area (Å²) in [6.07, 6.45) is 0. The van der Waals surface area contributed by atoms with Crippen LogP contribution >= 0.6 is 0 Å². The van der Waals surface area contributed by atoms with Gasteiger partial charge in [-0.3, -0.25) is 0 Å². The van der Waals surface area contributed by atoms with Gasteiger partial charge in [0.05, 0.1) is 0 Å². The molecule has 66 heavy (non-hydrogen) atoms. The summed E-state index contributed by atoms with van der Waals surface area (Å²) in [5.74, 6) is 0. The van der Waals surface area contributed by atoms with E-state index in [4.69, 9.17) is 0 Å². The van der Waals surface area contributed by atoms with Gasteiger partial charge in [0.1, 0.15) is 0 Å². The summed E-state index contributed by atoms with van der Waals surface area (Å²) in [6.45, 7) is 0. The minimum atomic E-state index is 1.08. The first-order chi connectivity index (χ1) is 32.7. The van der Waals surface area contributed by atoms with Crippen LogP contribution in [0.3, 0.4) is 0 Å². The van der Waals surface area contributed by atoms with Crippen molar-refractivity contribution < 1.29 is 0 Å². The highest BCUT2D eigenvalue weighted by molar-refractivity contribution is 6.00. The third kappa shape index (κ3) is 7.31. The molecule has 0 saturated heterocycles. The van der Waals surface area contributed by atoms with Gasteiger partial charge in [0.2, 0.25) is 0 Å². The third-order valence-corrected chi connectivity index (χ3v) is 12.9. The van der Waals surface area contributed by atoms with Crippen molar-refractivity contribution >= 4 is 77.2 Å². The Balaban J connectivity index is 1.10. The Kier molecular flexibility index (Phi) is 9.89. The molecule has 0 radical (unpaired) electrons. The molecule has 0 aliphatic heterocycles. The van der Waals surface area contributed by atoms with Crippen molar-refractivity contribution in [3.8, 4) is 33.4 Å². The lowest BCUT2D eigenvalue weighted by molar-refractivity contribution is 1.28. The Morgan fingerprint density at radius 3 is 0.833 bits per heavy atom. The smallest absolute Gasteiger partial charge is 0.0468 e. The fraction of sp³-hybridized carbons (Fsp3) is 0. The number of hydrogen-bond acceptors (Lipinski definition) is 2. The van der Waals surface area contributed by atoms with Gasteiger partial charge in [-0.1, -0.05) is 182 Å². The van der Waals surface area contributed by atoms with E-state index in [0.717, 1.165) is 67.5 Å². The second-order valence-corrected chi connectivity index (χ2v) is 17.0. The van der Waals surface area contributed by atoms with E-state index in [9.17, 15) is 0 Å². The fourth-order valence-corrected chi connectivity index (χ4v) is 9.68. The fourth-order valence-electron chi connectivity index (χ4n) is 9.68. The zero-order valence-electron chi connectivity index (χ0n) is 36.3. The first-order valence-electron chi connectivity index (χ1n) is 22.7. The molecule has 0 spiro atoms. The van der Waals surface area contributed by atoms with E-state index in [1.165, 1.54) is 43.1 Å². The number of rotatable bonds is 9. The first-order valence-corrected chi connectivity index (χ1v) is 22.7. The Bertz CT molecular complexity index is 3480. The summed E-state index contributed by atoms with van der Waals surface area (Å²) < 4.78 is 0. The molecule has 310 valence electrons. The molecule has 0 N–H and O–H groups in total. The molecule has 0 amide bonds. The molecule has 2 nitrogen and oxygen atoms in total. The minimum absolute atomic E-state index is 1.08. The van der Waals surface area contributed by atoms with E-state index >= 15 is 0 Å². The maximum Gasteiger partial charge on any atom is 0.0468 e. The number of anilines is 6. The molecular weight excluding hydrogens is 797 g/mol. The lowest BCUT2D eigenvalue weighted by Crippen LogP contribution is -2.10. The number of nitrogens with zero attached hydrogens (tertiary/aromatic N) is 2. The lowest BCUT2D eigenvalue weighted by Gasteiger charge is -2.28. The zero-order valence-corrected chi connectivity index (χ0v) is 36.3. The third-order valence-electron chi connectivity index (χ3n) is 12.9. The molecule has 0 bridgehead atoms. The summed E-state index contributed by atoms with van der Waals surface area (Å²) >= 11 is 0. The van der Waals surface area contributed by atoms with Gasteiger partial charge in [0, 0.05) is 34.1 Å². The average Bonchev–Trinajstić information content (AvgIpc) is 3.39. The Hall–Kier alpha value is -8.72. The van der Waals surface area contributed by atoms with Crippen LogP contribution in [0.4, 0.5) is 34.1 Å². The highest BCUT2D eigenvalue weighted by atomic mass is 15.1. The maximum atomic E-state index is 2.39. The molecule has 0 aromatic heterocycles. The second-order valence-electron chi connectivity index (χ2n) is 17.0. The molecule has 12 rings (SSSR count). The molecule has 0 atom stereocenters. The molecule has 0 aliphatic carbocycles. The second kappa shape index (κ2) is 16.8. The van der Waals surface area contributed by atoms with Gasteiger partial charge in [-0.05, 0) is 161 Å². The van der Waals surface area contributed by atoms with Crippen LogP contribution in [0.2, 0.25) is 0 Å². The Labute approximate surface area is 385 Å². The van der Waals surface area contributed by atoms with Crippen LogP contribution in [0.5, 0.6) is 0 Å². The van der Waals surface area contributed by atoms with E-state index < -0.39 is 0 Å². The lowest BCUT2D eigenvalue weighted by atomic mass is 9.87. The van der Waals surface area contributed by atoms with E-state index in [1.807, 2.05) is 0 Å². The SMILES string of the molecule is c1ccc(N(c2ccc(-c3ccc(N(c4ccccc4)c4ccc5ccccc5c4)cc3-c3ccc4ccccc4c3)c(-c3ccc4ccccc4c3)c2)c2ccc3ccccc3c2)cc1.